The van der Waals surface area contributed by atoms with Crippen molar-refractivity contribution in [3.05, 3.63) is 54.1 Å². The summed E-state index contributed by atoms with van der Waals surface area (Å²) in [7, 11) is -7.16. The van der Waals surface area contributed by atoms with E-state index >= 15 is 0 Å². The molecule has 0 aliphatic carbocycles. The van der Waals surface area contributed by atoms with Crippen molar-refractivity contribution in [3.63, 3.8) is 0 Å². The monoisotopic (exact) mass is 521 g/mol. The van der Waals surface area contributed by atoms with Gasteiger partial charge in [-0.2, -0.15) is 8.61 Å². The number of Topliss-reactive ketones (excluding diaryl/α,β-unsaturated/α-hetero) is 1. The molecular weight excluding hydrogens is 490 g/mol. The fourth-order valence-corrected chi connectivity index (χ4v) is 7.45. The highest BCUT2D eigenvalue weighted by atomic mass is 32.2. The maximum atomic E-state index is 13.0. The highest BCUT2D eigenvalue weighted by Crippen LogP contribution is 2.26. The molecule has 0 spiro atoms. The summed E-state index contributed by atoms with van der Waals surface area (Å²) in [5.74, 6) is -0.209. The minimum absolute atomic E-state index is 0.00911. The Balaban J connectivity index is 1.36. The molecule has 2 heterocycles. The molecule has 2 aromatic carbocycles. The van der Waals surface area contributed by atoms with Crippen LogP contribution in [0.15, 0.2) is 58.3 Å². The van der Waals surface area contributed by atoms with E-state index in [0.717, 1.165) is 19.3 Å². The van der Waals surface area contributed by atoms with Crippen molar-refractivity contribution in [3.8, 4) is 0 Å². The van der Waals surface area contributed by atoms with Crippen LogP contribution in [0.3, 0.4) is 0 Å². The number of nitrogens with one attached hydrogen (secondary N) is 1. The van der Waals surface area contributed by atoms with Crippen LogP contribution < -0.4 is 5.32 Å². The highest BCUT2D eigenvalue weighted by molar-refractivity contribution is 7.89. The highest BCUT2D eigenvalue weighted by Gasteiger charge is 2.31. The lowest BCUT2D eigenvalue weighted by Crippen LogP contribution is -2.41. The summed E-state index contributed by atoms with van der Waals surface area (Å²) in [5.41, 5.74) is 1.01. The summed E-state index contributed by atoms with van der Waals surface area (Å²) in [5, 5.41) is 3.01. The molecule has 9 nitrogen and oxygen atoms in total. The maximum Gasteiger partial charge on any atom is 0.243 e. The number of benzene rings is 2. The molecule has 0 bridgehead atoms. The molecular formula is C24H31N3O6S2. The van der Waals surface area contributed by atoms with Crippen LogP contribution in [0, 0.1) is 0 Å². The Labute approximate surface area is 207 Å². The minimum atomic E-state index is -3.61. The quantitative estimate of drug-likeness (QED) is 0.531. The van der Waals surface area contributed by atoms with Crippen molar-refractivity contribution in [1.29, 1.82) is 0 Å². The Morgan fingerprint density at radius 3 is 2.11 bits per heavy atom. The third-order valence-corrected chi connectivity index (χ3v) is 10.4. The van der Waals surface area contributed by atoms with Gasteiger partial charge in [0.1, 0.15) is 0 Å². The van der Waals surface area contributed by atoms with Gasteiger partial charge >= 0.3 is 0 Å². The van der Waals surface area contributed by atoms with Gasteiger partial charge in [-0.15, -0.1) is 0 Å². The summed E-state index contributed by atoms with van der Waals surface area (Å²) in [4.78, 5) is 13.0. The third-order valence-electron chi connectivity index (χ3n) is 6.44. The zero-order valence-corrected chi connectivity index (χ0v) is 21.4. The van der Waals surface area contributed by atoms with Crippen molar-refractivity contribution in [2.75, 3.05) is 44.7 Å². The van der Waals surface area contributed by atoms with E-state index in [1.807, 2.05) is 6.92 Å². The van der Waals surface area contributed by atoms with Crippen molar-refractivity contribution in [2.45, 2.75) is 42.0 Å². The van der Waals surface area contributed by atoms with E-state index in [1.54, 1.807) is 28.6 Å². The second kappa shape index (κ2) is 10.8. The Morgan fingerprint density at radius 1 is 0.886 bits per heavy atom. The number of hydrogen-bond acceptors (Lipinski definition) is 7. The average molecular weight is 522 g/mol. The van der Waals surface area contributed by atoms with Gasteiger partial charge in [0.2, 0.25) is 20.0 Å². The number of sulfonamides is 2. The molecule has 2 fully saturated rings. The van der Waals surface area contributed by atoms with Gasteiger partial charge in [-0.3, -0.25) is 4.79 Å². The van der Waals surface area contributed by atoms with Crippen molar-refractivity contribution in [1.82, 2.24) is 8.61 Å². The van der Waals surface area contributed by atoms with Crippen LogP contribution >= 0.6 is 0 Å². The number of piperidine rings is 1. The van der Waals surface area contributed by atoms with Crippen LogP contribution in [0.4, 0.5) is 5.69 Å². The minimum Gasteiger partial charge on any atom is -0.379 e. The molecule has 2 aliphatic rings. The molecule has 2 aliphatic heterocycles. The van der Waals surface area contributed by atoms with E-state index in [-0.39, 0.29) is 28.2 Å². The van der Waals surface area contributed by atoms with Gasteiger partial charge in [-0.05, 0) is 68.3 Å². The van der Waals surface area contributed by atoms with E-state index in [1.165, 1.54) is 28.6 Å². The van der Waals surface area contributed by atoms with Gasteiger partial charge in [-0.25, -0.2) is 16.8 Å². The number of hydrogen-bond donors (Lipinski definition) is 1. The number of ketones is 1. The molecule has 2 aromatic rings. The zero-order chi connectivity index (χ0) is 25.1. The largest absolute Gasteiger partial charge is 0.379 e. The number of carbonyl (C=O) groups is 1. The summed E-state index contributed by atoms with van der Waals surface area (Å²) in [6.07, 6.45) is 2.77. The Kier molecular flexibility index (Phi) is 7.92. The fraction of sp³-hybridized carbons (Fsp3) is 0.458. The lowest BCUT2D eigenvalue weighted by atomic mass is 10.1. The van der Waals surface area contributed by atoms with E-state index in [4.69, 9.17) is 4.74 Å². The number of ether oxygens (including phenoxy) is 1. The standard InChI is InChI=1S/C24H31N3O6S2/c1-19-4-2-3-13-27(19)35(31,32)23-11-7-21(8-12-23)25-18-24(28)20-5-9-22(10-6-20)34(29,30)26-14-16-33-17-15-26/h5-12,19,25H,2-4,13-18H2,1H3. The molecule has 0 radical (unpaired) electrons. The van der Waals surface area contributed by atoms with Crippen LogP contribution in [-0.2, 0) is 24.8 Å². The fourth-order valence-electron chi connectivity index (χ4n) is 4.34. The molecule has 1 unspecified atom stereocenters. The smallest absolute Gasteiger partial charge is 0.243 e. The SMILES string of the molecule is CC1CCCCN1S(=O)(=O)c1ccc(NCC(=O)c2ccc(S(=O)(=O)N3CCOCC3)cc2)cc1. The molecule has 1 N–H and O–H groups in total. The molecule has 190 valence electrons. The first kappa shape index (κ1) is 25.8. The van der Waals surface area contributed by atoms with Gasteiger partial charge < -0.3 is 10.1 Å². The lowest BCUT2D eigenvalue weighted by molar-refractivity contribution is 0.0730. The Bertz CT molecular complexity index is 1240. The topological polar surface area (TPSA) is 113 Å². The summed E-state index contributed by atoms with van der Waals surface area (Å²) < 4.78 is 59.5. The Hall–Kier alpha value is -2.31. The Morgan fingerprint density at radius 2 is 1.49 bits per heavy atom. The number of rotatable bonds is 8. The molecule has 0 amide bonds. The predicted octanol–water partition coefficient (Wildman–Crippen LogP) is 2.57. The maximum absolute atomic E-state index is 13.0. The first-order chi connectivity index (χ1) is 16.7. The van der Waals surface area contributed by atoms with Crippen LogP contribution in [0.25, 0.3) is 0 Å². The van der Waals surface area contributed by atoms with Crippen LogP contribution in [0.5, 0.6) is 0 Å². The number of anilines is 1. The molecule has 1 atom stereocenters. The van der Waals surface area contributed by atoms with Gasteiger partial charge in [0.25, 0.3) is 0 Å². The van der Waals surface area contributed by atoms with E-state index < -0.39 is 20.0 Å². The number of carbonyl (C=O) groups excluding carboxylic acids is 1. The lowest BCUT2D eigenvalue weighted by Gasteiger charge is -2.32. The number of nitrogens with zero attached hydrogens (tertiary/aromatic N) is 2. The molecule has 4 rings (SSSR count). The number of morpholine rings is 1. The molecule has 0 aromatic heterocycles. The van der Waals surface area contributed by atoms with Crippen LogP contribution in [-0.4, -0.2) is 76.7 Å². The van der Waals surface area contributed by atoms with Gasteiger partial charge in [0.05, 0.1) is 29.5 Å². The zero-order valence-electron chi connectivity index (χ0n) is 19.7. The third kappa shape index (κ3) is 5.75. The average Bonchev–Trinajstić information content (AvgIpc) is 2.88. The van der Waals surface area contributed by atoms with E-state index in [9.17, 15) is 21.6 Å². The summed E-state index contributed by atoms with van der Waals surface area (Å²) in [6, 6.07) is 12.3. The van der Waals surface area contributed by atoms with Crippen molar-refractivity contribution >= 4 is 31.5 Å². The second-order valence-electron chi connectivity index (χ2n) is 8.80. The summed E-state index contributed by atoms with van der Waals surface area (Å²) >= 11 is 0. The van der Waals surface area contributed by atoms with Crippen LogP contribution in [0.2, 0.25) is 0 Å². The summed E-state index contributed by atoms with van der Waals surface area (Å²) in [6.45, 7) is 3.81. The molecule has 2 saturated heterocycles. The van der Waals surface area contributed by atoms with Gasteiger partial charge in [-0.1, -0.05) is 6.42 Å². The van der Waals surface area contributed by atoms with Gasteiger partial charge in [0.15, 0.2) is 5.78 Å². The predicted molar refractivity (Wildman–Crippen MR) is 132 cm³/mol. The van der Waals surface area contributed by atoms with Crippen molar-refractivity contribution in [2.24, 2.45) is 0 Å². The normalized spacial score (nSPS) is 20.4. The van der Waals surface area contributed by atoms with E-state index in [2.05, 4.69) is 5.32 Å². The molecule has 0 saturated carbocycles. The van der Waals surface area contributed by atoms with Gasteiger partial charge in [0, 0.05) is 36.9 Å². The first-order valence-electron chi connectivity index (χ1n) is 11.8. The first-order valence-corrected chi connectivity index (χ1v) is 14.6. The molecule has 35 heavy (non-hydrogen) atoms. The van der Waals surface area contributed by atoms with Crippen molar-refractivity contribution < 1.29 is 26.4 Å². The second-order valence-corrected chi connectivity index (χ2v) is 12.6. The van der Waals surface area contributed by atoms with E-state index in [0.29, 0.717) is 44.1 Å². The molecule has 11 heteroatoms. The van der Waals surface area contributed by atoms with Crippen LogP contribution in [0.1, 0.15) is 36.5 Å².